The van der Waals surface area contributed by atoms with E-state index >= 15 is 0 Å². The van der Waals surface area contributed by atoms with Gasteiger partial charge in [0.05, 0.1) is 35.0 Å². The molecule has 196 valence electrons. The van der Waals surface area contributed by atoms with E-state index in [-0.39, 0.29) is 16.5 Å². The number of thiazole rings is 1. The maximum atomic E-state index is 13.9. The highest BCUT2D eigenvalue weighted by Gasteiger charge is 2.46. The van der Waals surface area contributed by atoms with Crippen LogP contribution in [0.4, 0.5) is 9.52 Å². The smallest absolute Gasteiger partial charge is 0.296 e. The van der Waals surface area contributed by atoms with Gasteiger partial charge in [0, 0.05) is 0 Å². The molecule has 0 bridgehead atoms. The molecule has 2 aromatic carbocycles. The van der Waals surface area contributed by atoms with Gasteiger partial charge in [-0.3, -0.25) is 14.5 Å². The van der Waals surface area contributed by atoms with Crippen LogP contribution in [0.2, 0.25) is 0 Å². The van der Waals surface area contributed by atoms with Crippen LogP contribution in [-0.2, 0) is 4.79 Å². The van der Waals surface area contributed by atoms with Gasteiger partial charge >= 0.3 is 0 Å². The van der Waals surface area contributed by atoms with Gasteiger partial charge in [-0.25, -0.2) is 9.37 Å². The predicted octanol–water partition coefficient (Wildman–Crippen LogP) is 6.31. The second kappa shape index (κ2) is 10.3. The van der Waals surface area contributed by atoms with E-state index in [0.29, 0.717) is 46.3 Å². The largest absolute Gasteiger partial charge is 0.503 e. The zero-order valence-corrected chi connectivity index (χ0v) is 21.8. The standard InChI is InChI=1S/C28H25FN2O6S/c1-4-12-36-19-11-7-16(13-21(19)35-5-2)24-23(25(32)20-10-6-15(3)37-20)26(33)27(34)31(24)28-30-18-9-8-17(29)14-22(18)38-28/h6-11,13-14,24,33H,4-5,12H2,1-3H3. The lowest BCUT2D eigenvalue weighted by molar-refractivity contribution is -0.117. The Balaban J connectivity index is 1.67. The van der Waals surface area contributed by atoms with Crippen LogP contribution in [0.5, 0.6) is 11.5 Å². The average molecular weight is 537 g/mol. The summed E-state index contributed by atoms with van der Waals surface area (Å²) < 4.78 is 31.5. The van der Waals surface area contributed by atoms with E-state index in [1.807, 2.05) is 13.8 Å². The number of ketones is 1. The highest BCUT2D eigenvalue weighted by atomic mass is 32.1. The molecule has 5 rings (SSSR count). The monoisotopic (exact) mass is 536 g/mol. The maximum Gasteiger partial charge on any atom is 0.296 e. The van der Waals surface area contributed by atoms with Crippen molar-refractivity contribution in [3.8, 4) is 11.5 Å². The summed E-state index contributed by atoms with van der Waals surface area (Å²) >= 11 is 1.08. The Morgan fingerprint density at radius 2 is 1.95 bits per heavy atom. The third-order valence-corrected chi connectivity index (χ3v) is 7.02. The van der Waals surface area contributed by atoms with Crippen molar-refractivity contribution in [1.82, 2.24) is 4.98 Å². The molecule has 0 spiro atoms. The summed E-state index contributed by atoms with van der Waals surface area (Å²) in [6.07, 6.45) is 0.800. The molecule has 0 radical (unpaired) electrons. The highest BCUT2D eigenvalue weighted by Crippen LogP contribution is 2.46. The number of aliphatic hydroxyl groups excluding tert-OH is 1. The number of ether oxygens (including phenoxy) is 2. The molecule has 3 heterocycles. The lowest BCUT2D eigenvalue weighted by atomic mass is 9.95. The molecule has 0 saturated carbocycles. The molecule has 2 aromatic heterocycles. The van der Waals surface area contributed by atoms with Crippen LogP contribution < -0.4 is 14.4 Å². The van der Waals surface area contributed by atoms with E-state index in [1.54, 1.807) is 31.2 Å². The Morgan fingerprint density at radius 3 is 2.66 bits per heavy atom. The summed E-state index contributed by atoms with van der Waals surface area (Å²) in [4.78, 5) is 32.8. The normalized spacial score (nSPS) is 15.5. The second-order valence-corrected chi connectivity index (χ2v) is 9.68. The summed E-state index contributed by atoms with van der Waals surface area (Å²) in [6.45, 7) is 6.36. The maximum absolute atomic E-state index is 13.9. The molecule has 4 aromatic rings. The lowest BCUT2D eigenvalue weighted by Crippen LogP contribution is -2.31. The number of nitrogens with zero attached hydrogens (tertiary/aromatic N) is 2. The zero-order valence-electron chi connectivity index (χ0n) is 21.0. The van der Waals surface area contributed by atoms with Crippen molar-refractivity contribution in [2.24, 2.45) is 0 Å². The van der Waals surface area contributed by atoms with Gasteiger partial charge in [-0.1, -0.05) is 24.3 Å². The summed E-state index contributed by atoms with van der Waals surface area (Å²) in [7, 11) is 0. The summed E-state index contributed by atoms with van der Waals surface area (Å²) in [5.74, 6) is -1.12. The topological polar surface area (TPSA) is 102 Å². The lowest BCUT2D eigenvalue weighted by Gasteiger charge is -2.25. The van der Waals surface area contributed by atoms with Crippen molar-refractivity contribution in [3.05, 3.63) is 82.8 Å². The Bertz CT molecular complexity index is 1570. The van der Waals surface area contributed by atoms with Crippen LogP contribution in [0.3, 0.4) is 0 Å². The fraction of sp³-hybridized carbons (Fsp3) is 0.250. The number of carbonyl (C=O) groups excluding carboxylic acids is 2. The third-order valence-electron chi connectivity index (χ3n) is 6.01. The van der Waals surface area contributed by atoms with E-state index in [4.69, 9.17) is 13.9 Å². The molecule has 0 fully saturated rings. The van der Waals surface area contributed by atoms with Gasteiger partial charge in [0.2, 0.25) is 5.78 Å². The SMILES string of the molecule is CCCOc1ccc(C2C(C(=O)c3ccc(C)o3)=C(O)C(=O)N2c2nc3ccc(F)cc3s2)cc1OCC. The van der Waals surface area contributed by atoms with E-state index in [2.05, 4.69) is 4.98 Å². The van der Waals surface area contributed by atoms with Gasteiger partial charge in [-0.2, -0.15) is 0 Å². The highest BCUT2D eigenvalue weighted by molar-refractivity contribution is 7.22. The van der Waals surface area contributed by atoms with E-state index in [1.165, 1.54) is 29.2 Å². The Hall–Kier alpha value is -4.18. The fourth-order valence-corrected chi connectivity index (χ4v) is 5.34. The first-order chi connectivity index (χ1) is 18.3. The number of amides is 1. The molecule has 0 saturated heterocycles. The van der Waals surface area contributed by atoms with Gasteiger partial charge in [-0.15, -0.1) is 0 Å². The van der Waals surface area contributed by atoms with Crippen molar-refractivity contribution >= 4 is 38.4 Å². The van der Waals surface area contributed by atoms with Crippen molar-refractivity contribution in [3.63, 3.8) is 0 Å². The number of aromatic nitrogens is 1. The Labute approximate surface area is 221 Å². The first-order valence-electron chi connectivity index (χ1n) is 12.2. The van der Waals surface area contributed by atoms with Gasteiger partial charge in [-0.05, 0) is 68.3 Å². The van der Waals surface area contributed by atoms with Crippen LogP contribution in [0, 0.1) is 12.7 Å². The van der Waals surface area contributed by atoms with Crippen molar-refractivity contribution in [1.29, 1.82) is 0 Å². The Kier molecular flexibility index (Phi) is 6.90. The number of halogens is 1. The first-order valence-corrected chi connectivity index (χ1v) is 13.0. The van der Waals surface area contributed by atoms with Crippen LogP contribution in [0.1, 0.15) is 48.2 Å². The molecular weight excluding hydrogens is 511 g/mol. The first kappa shape index (κ1) is 25.5. The molecule has 1 N–H and O–H groups in total. The number of benzene rings is 2. The van der Waals surface area contributed by atoms with E-state index < -0.39 is 29.3 Å². The Morgan fingerprint density at radius 1 is 1.13 bits per heavy atom. The minimum Gasteiger partial charge on any atom is -0.503 e. The minimum absolute atomic E-state index is 0.0111. The molecule has 1 aliphatic rings. The van der Waals surface area contributed by atoms with E-state index in [0.717, 1.165) is 17.8 Å². The number of fused-ring (bicyclic) bond motifs is 1. The van der Waals surface area contributed by atoms with Crippen molar-refractivity contribution in [2.45, 2.75) is 33.2 Å². The van der Waals surface area contributed by atoms with Gasteiger partial charge < -0.3 is 19.0 Å². The number of carbonyl (C=O) groups is 2. The van der Waals surface area contributed by atoms with Crippen LogP contribution in [0.25, 0.3) is 10.2 Å². The summed E-state index contributed by atoms with van der Waals surface area (Å²) in [5, 5.41) is 11.2. The van der Waals surface area contributed by atoms with Crippen LogP contribution in [0.15, 0.2) is 64.3 Å². The number of furan rings is 1. The van der Waals surface area contributed by atoms with Crippen molar-refractivity contribution in [2.75, 3.05) is 18.1 Å². The van der Waals surface area contributed by atoms with E-state index in [9.17, 15) is 19.1 Å². The van der Waals surface area contributed by atoms with Crippen LogP contribution >= 0.6 is 11.3 Å². The number of anilines is 1. The molecule has 1 unspecified atom stereocenters. The van der Waals surface area contributed by atoms with Gasteiger partial charge in [0.25, 0.3) is 5.91 Å². The summed E-state index contributed by atoms with van der Waals surface area (Å²) in [5.41, 5.74) is 0.823. The molecule has 10 heteroatoms. The molecule has 1 aliphatic heterocycles. The number of hydrogen-bond donors (Lipinski definition) is 1. The van der Waals surface area contributed by atoms with Crippen LogP contribution in [-0.4, -0.2) is 35.0 Å². The third kappa shape index (κ3) is 4.51. The number of aryl methyl sites for hydroxylation is 1. The molecule has 1 amide bonds. The molecule has 1 atom stereocenters. The molecule has 0 aliphatic carbocycles. The van der Waals surface area contributed by atoms with Gasteiger partial charge in [0.1, 0.15) is 11.6 Å². The second-order valence-electron chi connectivity index (χ2n) is 8.68. The molecule has 8 nitrogen and oxygen atoms in total. The number of Topliss-reactive ketones (excluding diaryl/α,β-unsaturated/α-hetero) is 1. The molecule has 38 heavy (non-hydrogen) atoms. The fourth-order valence-electron chi connectivity index (χ4n) is 4.32. The summed E-state index contributed by atoms with van der Waals surface area (Å²) in [6, 6.07) is 11.3. The zero-order chi connectivity index (χ0) is 27.0. The number of hydrogen-bond acceptors (Lipinski definition) is 8. The average Bonchev–Trinajstić information content (AvgIpc) is 3.59. The van der Waals surface area contributed by atoms with Crippen molar-refractivity contribution < 1.29 is 33.0 Å². The molecular formula is C28H25FN2O6S. The predicted molar refractivity (Wildman–Crippen MR) is 141 cm³/mol. The minimum atomic E-state index is -1.05. The number of aliphatic hydroxyl groups is 1. The number of rotatable bonds is 9. The quantitative estimate of drug-likeness (QED) is 0.250. The van der Waals surface area contributed by atoms with Gasteiger partial charge in [0.15, 0.2) is 28.1 Å².